The molecule has 0 unspecified atom stereocenters. The third-order valence-corrected chi connectivity index (χ3v) is 14.0. The van der Waals surface area contributed by atoms with Gasteiger partial charge in [0.05, 0.1) is 5.41 Å². The van der Waals surface area contributed by atoms with Gasteiger partial charge in [-0.25, -0.2) is 0 Å². The second-order valence-corrected chi connectivity index (χ2v) is 15.0. The van der Waals surface area contributed by atoms with E-state index in [1.54, 1.807) is 0 Å². The standard InChI is InChI=1S/C30H48O3/c1-19-20(31)8-9-21-27(19,4)11-10-22-28(21,5)15-17-30(7)23-18-26(3,24(32)33)13-12-25(23,2)14-16-29(22,30)6/h19,21-23H,8-18H2,1-7H3,(H,32,33)/t19-,21+,22-,23+,25-,26+,27-,28-,29-,30+/m1/s1. The van der Waals surface area contributed by atoms with Gasteiger partial charge in [0.2, 0.25) is 0 Å². The molecule has 3 nitrogen and oxygen atoms in total. The van der Waals surface area contributed by atoms with Gasteiger partial charge in [0.1, 0.15) is 5.78 Å². The van der Waals surface area contributed by atoms with Crippen LogP contribution in [0.4, 0.5) is 0 Å². The Balaban J connectivity index is 1.54. The molecule has 0 bridgehead atoms. The lowest BCUT2D eigenvalue weighted by Crippen LogP contribution is -2.68. The summed E-state index contributed by atoms with van der Waals surface area (Å²) in [6.45, 7) is 16.9. The van der Waals surface area contributed by atoms with Gasteiger partial charge >= 0.3 is 5.97 Å². The number of rotatable bonds is 1. The van der Waals surface area contributed by atoms with Crippen LogP contribution in [0.5, 0.6) is 0 Å². The van der Waals surface area contributed by atoms with E-state index in [0.717, 1.165) is 32.1 Å². The van der Waals surface area contributed by atoms with Crippen molar-refractivity contribution in [2.75, 3.05) is 0 Å². The number of fused-ring (bicyclic) bond motifs is 7. The van der Waals surface area contributed by atoms with Crippen LogP contribution in [0.15, 0.2) is 0 Å². The Labute approximate surface area is 201 Å². The average molecular weight is 457 g/mol. The Morgan fingerprint density at radius 3 is 2.03 bits per heavy atom. The van der Waals surface area contributed by atoms with Crippen molar-refractivity contribution in [3.8, 4) is 0 Å². The van der Waals surface area contributed by atoms with Crippen molar-refractivity contribution >= 4 is 11.8 Å². The van der Waals surface area contributed by atoms with Crippen molar-refractivity contribution in [3.05, 3.63) is 0 Å². The summed E-state index contributed by atoms with van der Waals surface area (Å²) < 4.78 is 0. The zero-order valence-electron chi connectivity index (χ0n) is 22.4. The smallest absolute Gasteiger partial charge is 0.309 e. The first-order valence-electron chi connectivity index (χ1n) is 13.9. The molecule has 1 N–H and O–H groups in total. The van der Waals surface area contributed by atoms with Crippen LogP contribution in [0.2, 0.25) is 0 Å². The van der Waals surface area contributed by atoms with Crippen LogP contribution in [0.3, 0.4) is 0 Å². The van der Waals surface area contributed by atoms with E-state index in [2.05, 4.69) is 41.5 Å². The summed E-state index contributed by atoms with van der Waals surface area (Å²) in [5.41, 5.74) is 0.621. The highest BCUT2D eigenvalue weighted by molar-refractivity contribution is 5.82. The average Bonchev–Trinajstić information content (AvgIpc) is 2.74. The molecule has 0 radical (unpaired) electrons. The maximum Gasteiger partial charge on any atom is 0.309 e. The van der Waals surface area contributed by atoms with Crippen LogP contribution in [0.1, 0.15) is 119 Å². The molecular formula is C30H48O3. The lowest BCUT2D eigenvalue weighted by molar-refractivity contribution is -0.257. The molecule has 33 heavy (non-hydrogen) atoms. The van der Waals surface area contributed by atoms with Gasteiger partial charge in [-0.05, 0) is 116 Å². The van der Waals surface area contributed by atoms with Crippen molar-refractivity contribution in [1.82, 2.24) is 0 Å². The summed E-state index contributed by atoms with van der Waals surface area (Å²) >= 11 is 0. The molecule has 5 rings (SSSR count). The van der Waals surface area contributed by atoms with E-state index >= 15 is 0 Å². The molecule has 5 saturated carbocycles. The molecule has 5 aliphatic carbocycles. The van der Waals surface area contributed by atoms with Crippen molar-refractivity contribution < 1.29 is 14.7 Å². The topological polar surface area (TPSA) is 54.4 Å². The van der Waals surface area contributed by atoms with Gasteiger partial charge in [-0.2, -0.15) is 0 Å². The quantitative estimate of drug-likeness (QED) is 0.444. The van der Waals surface area contributed by atoms with Gasteiger partial charge in [-0.15, -0.1) is 0 Å². The number of carboxylic acid groups (broad SMARTS) is 1. The Kier molecular flexibility index (Phi) is 4.97. The second kappa shape index (κ2) is 6.88. The number of hydrogen-bond acceptors (Lipinski definition) is 2. The van der Waals surface area contributed by atoms with Crippen molar-refractivity contribution in [2.24, 2.45) is 56.2 Å². The number of carbonyl (C=O) groups excluding carboxylic acids is 1. The molecule has 0 amide bonds. The van der Waals surface area contributed by atoms with Crippen molar-refractivity contribution in [2.45, 2.75) is 119 Å². The van der Waals surface area contributed by atoms with E-state index in [1.807, 2.05) is 6.92 Å². The summed E-state index contributed by atoms with van der Waals surface area (Å²) in [6.07, 6.45) is 12.0. The maximum absolute atomic E-state index is 12.7. The highest BCUT2D eigenvalue weighted by Crippen LogP contribution is 2.78. The lowest BCUT2D eigenvalue weighted by Gasteiger charge is -2.74. The number of hydrogen-bond donors (Lipinski definition) is 1. The molecule has 186 valence electrons. The molecule has 5 fully saturated rings. The van der Waals surface area contributed by atoms with Gasteiger partial charge in [0, 0.05) is 12.3 Å². The number of carboxylic acids is 1. The zero-order valence-corrected chi connectivity index (χ0v) is 22.4. The first-order valence-corrected chi connectivity index (χ1v) is 13.9. The fourth-order valence-electron chi connectivity index (χ4n) is 11.2. The van der Waals surface area contributed by atoms with E-state index in [9.17, 15) is 14.7 Å². The Morgan fingerprint density at radius 1 is 0.758 bits per heavy atom. The molecule has 5 aliphatic rings. The van der Waals surface area contributed by atoms with E-state index in [4.69, 9.17) is 0 Å². The highest BCUT2D eigenvalue weighted by atomic mass is 16.4. The summed E-state index contributed by atoms with van der Waals surface area (Å²) in [7, 11) is 0. The largest absolute Gasteiger partial charge is 0.481 e. The Hall–Kier alpha value is -0.860. The number of Topliss-reactive ketones (excluding diaryl/α,β-unsaturated/α-hetero) is 1. The first kappa shape index (κ1) is 23.9. The molecular weight excluding hydrogens is 408 g/mol. The Morgan fingerprint density at radius 2 is 1.36 bits per heavy atom. The minimum absolute atomic E-state index is 0.153. The van der Waals surface area contributed by atoms with Crippen LogP contribution < -0.4 is 0 Å². The molecule has 10 atom stereocenters. The maximum atomic E-state index is 12.7. The predicted molar refractivity (Wildman–Crippen MR) is 132 cm³/mol. The normalized spacial score (nSPS) is 58.5. The Bertz CT molecular complexity index is 880. The minimum atomic E-state index is -0.588. The van der Waals surface area contributed by atoms with Crippen molar-refractivity contribution in [1.29, 1.82) is 0 Å². The SMILES string of the molecule is C[C@@H]1C(=O)CC[C@H]2[C@]1(C)CC[C@@H]1[C@]2(C)CC[C@@]2(C)[C@H]3C[C@@](C)(C(=O)O)CC[C@]3(C)CC[C@]12C. The van der Waals surface area contributed by atoms with Crippen molar-refractivity contribution in [3.63, 3.8) is 0 Å². The monoisotopic (exact) mass is 456 g/mol. The van der Waals surface area contributed by atoms with E-state index in [0.29, 0.717) is 29.0 Å². The van der Waals surface area contributed by atoms with E-state index in [-0.39, 0.29) is 27.6 Å². The molecule has 0 saturated heterocycles. The molecule has 0 spiro atoms. The third-order valence-electron chi connectivity index (χ3n) is 14.0. The van der Waals surface area contributed by atoms with Crippen LogP contribution in [-0.2, 0) is 9.59 Å². The first-order chi connectivity index (χ1) is 15.2. The summed E-state index contributed by atoms with van der Waals surface area (Å²) in [6, 6.07) is 0. The van der Waals surface area contributed by atoms with Gasteiger partial charge in [0.25, 0.3) is 0 Å². The van der Waals surface area contributed by atoms with Gasteiger partial charge in [-0.1, -0.05) is 41.5 Å². The van der Waals surface area contributed by atoms with Gasteiger partial charge in [0.15, 0.2) is 0 Å². The number of carbonyl (C=O) groups is 2. The minimum Gasteiger partial charge on any atom is -0.481 e. The molecule has 0 aromatic heterocycles. The third kappa shape index (κ3) is 2.80. The highest BCUT2D eigenvalue weighted by Gasteiger charge is 2.71. The molecule has 3 heteroatoms. The summed E-state index contributed by atoms with van der Waals surface area (Å²) in [5.74, 6) is 1.91. The fourth-order valence-corrected chi connectivity index (χ4v) is 11.2. The van der Waals surface area contributed by atoms with Crippen LogP contribution in [0, 0.1) is 56.2 Å². The zero-order chi connectivity index (χ0) is 24.2. The number of ketones is 1. The van der Waals surface area contributed by atoms with Crippen LogP contribution >= 0.6 is 0 Å². The van der Waals surface area contributed by atoms with Gasteiger partial charge < -0.3 is 5.11 Å². The van der Waals surface area contributed by atoms with Gasteiger partial charge in [-0.3, -0.25) is 9.59 Å². The molecule has 0 aromatic rings. The lowest BCUT2D eigenvalue weighted by atomic mass is 9.30. The van der Waals surface area contributed by atoms with E-state index < -0.39 is 11.4 Å². The predicted octanol–water partition coefficient (Wildman–Crippen LogP) is 7.52. The fraction of sp³-hybridized carbons (Fsp3) is 0.933. The molecule has 0 aliphatic heterocycles. The molecule has 0 aromatic carbocycles. The second-order valence-electron chi connectivity index (χ2n) is 15.0. The van der Waals surface area contributed by atoms with Crippen LogP contribution in [-0.4, -0.2) is 16.9 Å². The number of aliphatic carboxylic acids is 1. The van der Waals surface area contributed by atoms with Crippen LogP contribution in [0.25, 0.3) is 0 Å². The van der Waals surface area contributed by atoms with E-state index in [1.165, 1.54) is 38.5 Å². The summed E-state index contributed by atoms with van der Waals surface area (Å²) in [4.78, 5) is 25.0. The molecule has 0 heterocycles. The summed E-state index contributed by atoms with van der Waals surface area (Å²) in [5, 5.41) is 10.1.